The molecule has 0 aliphatic carbocycles. The lowest BCUT2D eigenvalue weighted by molar-refractivity contribution is 0.0950. The van der Waals surface area contributed by atoms with E-state index < -0.39 is 15.9 Å². The molecule has 0 radical (unpaired) electrons. The molecule has 1 amide bonds. The lowest BCUT2D eigenvalue weighted by atomic mass is 10.1. The number of rotatable bonds is 6. The smallest absolute Gasteiger partial charge is 0.261 e. The molecule has 8 nitrogen and oxygen atoms in total. The lowest BCUT2D eigenvalue weighted by Crippen LogP contribution is -2.26. The monoisotopic (exact) mass is 437 g/mol. The lowest BCUT2D eigenvalue weighted by Gasteiger charge is -2.13. The summed E-state index contributed by atoms with van der Waals surface area (Å²) in [5, 5.41) is 9.77. The van der Waals surface area contributed by atoms with E-state index in [-0.39, 0.29) is 22.7 Å². The Labute approximate surface area is 171 Å². The number of nitrogens with one attached hydrogen (secondary N) is 3. The van der Waals surface area contributed by atoms with Gasteiger partial charge in [0.2, 0.25) is 0 Å². The summed E-state index contributed by atoms with van der Waals surface area (Å²) in [7, 11) is -2.16. The summed E-state index contributed by atoms with van der Waals surface area (Å²) >= 11 is 10.8. The number of carbonyl (C=O) groups excluding carboxylic acids is 1. The SMILES string of the molecule is Cn1c(CNC(=O)c2ccccc2NS(=O)(=O)c2ccc(Cl)cc2)n[nH]c1=S. The number of hydrogen-bond donors (Lipinski definition) is 3. The van der Waals surface area contributed by atoms with Crippen molar-refractivity contribution in [1.29, 1.82) is 0 Å². The summed E-state index contributed by atoms with van der Waals surface area (Å²) in [6, 6.07) is 12.0. The van der Waals surface area contributed by atoms with Crippen molar-refractivity contribution < 1.29 is 13.2 Å². The molecule has 2 aromatic carbocycles. The zero-order valence-corrected chi connectivity index (χ0v) is 17.0. The third-order valence-corrected chi connectivity index (χ3v) is 5.92. The highest BCUT2D eigenvalue weighted by atomic mass is 35.5. The van der Waals surface area contributed by atoms with Gasteiger partial charge in [0.25, 0.3) is 15.9 Å². The molecule has 0 bridgehead atoms. The molecule has 0 aliphatic rings. The van der Waals surface area contributed by atoms with E-state index in [2.05, 4.69) is 20.2 Å². The number of halogens is 1. The number of para-hydroxylation sites is 1. The zero-order valence-electron chi connectivity index (χ0n) is 14.6. The molecule has 1 aromatic heterocycles. The van der Waals surface area contributed by atoms with Crippen LogP contribution in [0.5, 0.6) is 0 Å². The van der Waals surface area contributed by atoms with Crippen LogP contribution in [0.25, 0.3) is 0 Å². The van der Waals surface area contributed by atoms with Crippen molar-refractivity contribution in [3.63, 3.8) is 0 Å². The maximum atomic E-state index is 12.6. The second kappa shape index (κ2) is 8.13. The molecule has 0 atom stereocenters. The Balaban J connectivity index is 1.80. The molecule has 3 N–H and O–H groups in total. The predicted molar refractivity (Wildman–Crippen MR) is 108 cm³/mol. The van der Waals surface area contributed by atoms with Crippen molar-refractivity contribution in [1.82, 2.24) is 20.1 Å². The number of hydrogen-bond acceptors (Lipinski definition) is 5. The molecule has 0 unspecified atom stereocenters. The number of aromatic nitrogens is 3. The topological polar surface area (TPSA) is 109 Å². The first kappa shape index (κ1) is 20.1. The Morgan fingerprint density at radius 2 is 1.89 bits per heavy atom. The molecule has 0 aliphatic heterocycles. The molecule has 3 rings (SSSR count). The third-order valence-electron chi connectivity index (χ3n) is 3.92. The largest absolute Gasteiger partial charge is 0.345 e. The number of H-pyrrole nitrogens is 1. The fourth-order valence-corrected chi connectivity index (χ4v) is 3.74. The Hall–Kier alpha value is -2.69. The van der Waals surface area contributed by atoms with E-state index in [0.717, 1.165) is 0 Å². The molecule has 146 valence electrons. The number of anilines is 1. The van der Waals surface area contributed by atoms with Crippen molar-refractivity contribution in [2.24, 2.45) is 7.05 Å². The number of benzene rings is 2. The van der Waals surface area contributed by atoms with Gasteiger partial charge in [-0.25, -0.2) is 8.42 Å². The van der Waals surface area contributed by atoms with Crippen LogP contribution in [0.15, 0.2) is 53.4 Å². The second-order valence-electron chi connectivity index (χ2n) is 5.79. The molecule has 11 heteroatoms. The number of amides is 1. The molecule has 0 saturated carbocycles. The van der Waals surface area contributed by atoms with Crippen LogP contribution in [-0.2, 0) is 23.6 Å². The van der Waals surface area contributed by atoms with Gasteiger partial charge in [0.15, 0.2) is 10.6 Å². The van der Waals surface area contributed by atoms with Crippen LogP contribution >= 0.6 is 23.8 Å². The standard InChI is InChI=1S/C17H16ClN5O3S2/c1-23-15(20-21-17(23)27)10-19-16(24)13-4-2-3-5-14(13)22-28(25,26)12-8-6-11(18)7-9-12/h2-9,22H,10H2,1H3,(H,19,24)(H,21,27). The molecule has 1 heterocycles. The molecule has 3 aromatic rings. The fourth-order valence-electron chi connectivity index (χ4n) is 2.38. The third kappa shape index (κ3) is 4.41. The normalized spacial score (nSPS) is 11.2. The van der Waals surface area contributed by atoms with Gasteiger partial charge in [0, 0.05) is 12.1 Å². The molecule has 0 saturated heterocycles. The van der Waals surface area contributed by atoms with Crippen LogP contribution in [0.3, 0.4) is 0 Å². The van der Waals surface area contributed by atoms with Crippen LogP contribution in [0.4, 0.5) is 5.69 Å². The van der Waals surface area contributed by atoms with E-state index in [1.165, 1.54) is 36.4 Å². The summed E-state index contributed by atoms with van der Waals surface area (Å²) in [6.45, 7) is 0.126. The van der Waals surface area contributed by atoms with Gasteiger partial charge in [-0.05, 0) is 48.6 Å². The van der Waals surface area contributed by atoms with Crippen LogP contribution in [-0.4, -0.2) is 29.1 Å². The van der Waals surface area contributed by atoms with Crippen LogP contribution in [0, 0.1) is 4.77 Å². The highest BCUT2D eigenvalue weighted by Gasteiger charge is 2.19. The van der Waals surface area contributed by atoms with Gasteiger partial charge in [-0.3, -0.25) is 14.6 Å². The van der Waals surface area contributed by atoms with Crippen LogP contribution in [0.2, 0.25) is 5.02 Å². The van der Waals surface area contributed by atoms with Gasteiger partial charge in [-0.15, -0.1) is 0 Å². The van der Waals surface area contributed by atoms with Crippen molar-refractivity contribution >= 4 is 45.4 Å². The van der Waals surface area contributed by atoms with E-state index in [1.807, 2.05) is 0 Å². The van der Waals surface area contributed by atoms with E-state index >= 15 is 0 Å². The minimum absolute atomic E-state index is 0.0358. The van der Waals surface area contributed by atoms with E-state index in [4.69, 9.17) is 23.8 Å². The number of nitrogens with zero attached hydrogens (tertiary/aromatic N) is 2. The summed E-state index contributed by atoms with van der Waals surface area (Å²) in [4.78, 5) is 12.6. The number of carbonyl (C=O) groups is 1. The quantitative estimate of drug-likeness (QED) is 0.514. The van der Waals surface area contributed by atoms with E-state index in [0.29, 0.717) is 15.6 Å². The van der Waals surface area contributed by atoms with Gasteiger partial charge >= 0.3 is 0 Å². The molecule has 0 fully saturated rings. The predicted octanol–water partition coefficient (Wildman–Crippen LogP) is 2.86. The maximum absolute atomic E-state index is 12.6. The summed E-state index contributed by atoms with van der Waals surface area (Å²) in [5.74, 6) is 0.0842. The first-order valence-corrected chi connectivity index (χ1v) is 10.3. The van der Waals surface area contributed by atoms with E-state index in [1.54, 1.807) is 23.7 Å². The number of sulfonamides is 1. The zero-order chi connectivity index (χ0) is 20.3. The summed E-state index contributed by atoms with van der Waals surface area (Å²) in [6.07, 6.45) is 0. The Bertz CT molecular complexity index is 1170. The van der Waals surface area contributed by atoms with Gasteiger partial charge in [-0.1, -0.05) is 23.7 Å². The second-order valence-corrected chi connectivity index (χ2v) is 8.30. The minimum atomic E-state index is -3.88. The van der Waals surface area contributed by atoms with Crippen molar-refractivity contribution in [3.8, 4) is 0 Å². The van der Waals surface area contributed by atoms with Crippen molar-refractivity contribution in [2.75, 3.05) is 4.72 Å². The Morgan fingerprint density at radius 3 is 2.54 bits per heavy atom. The van der Waals surface area contributed by atoms with Gasteiger partial charge in [-0.2, -0.15) is 5.10 Å². The average molecular weight is 438 g/mol. The van der Waals surface area contributed by atoms with Crippen molar-refractivity contribution in [3.05, 3.63) is 69.7 Å². The minimum Gasteiger partial charge on any atom is -0.345 e. The van der Waals surface area contributed by atoms with E-state index in [9.17, 15) is 13.2 Å². The first-order chi connectivity index (χ1) is 13.3. The van der Waals surface area contributed by atoms with Crippen LogP contribution < -0.4 is 10.0 Å². The fraction of sp³-hybridized carbons (Fsp3) is 0.118. The molecular formula is C17H16ClN5O3S2. The van der Waals surface area contributed by atoms with Gasteiger partial charge in [0.1, 0.15) is 0 Å². The highest BCUT2D eigenvalue weighted by Crippen LogP contribution is 2.21. The van der Waals surface area contributed by atoms with Crippen LogP contribution in [0.1, 0.15) is 16.2 Å². The summed E-state index contributed by atoms with van der Waals surface area (Å²) in [5.41, 5.74) is 0.335. The molecule has 0 spiro atoms. The summed E-state index contributed by atoms with van der Waals surface area (Å²) < 4.78 is 29.7. The molecular weight excluding hydrogens is 422 g/mol. The molecule has 28 heavy (non-hydrogen) atoms. The highest BCUT2D eigenvalue weighted by molar-refractivity contribution is 7.92. The Kier molecular flexibility index (Phi) is 5.82. The number of aromatic amines is 1. The maximum Gasteiger partial charge on any atom is 0.261 e. The van der Waals surface area contributed by atoms with Crippen molar-refractivity contribution in [2.45, 2.75) is 11.4 Å². The first-order valence-electron chi connectivity index (χ1n) is 8.04. The Morgan fingerprint density at radius 1 is 1.21 bits per heavy atom. The van der Waals surface area contributed by atoms with Gasteiger partial charge < -0.3 is 9.88 Å². The average Bonchev–Trinajstić information content (AvgIpc) is 2.98. The van der Waals surface area contributed by atoms with Gasteiger partial charge in [0.05, 0.1) is 22.7 Å².